The van der Waals surface area contributed by atoms with Gasteiger partial charge in [-0.05, 0) is 32.0 Å². The van der Waals surface area contributed by atoms with Crippen LogP contribution in [0.25, 0.3) is 11.3 Å². The van der Waals surface area contributed by atoms with Gasteiger partial charge in [0.1, 0.15) is 0 Å². The third kappa shape index (κ3) is 3.03. The van der Waals surface area contributed by atoms with Crippen molar-refractivity contribution < 1.29 is 0 Å². The summed E-state index contributed by atoms with van der Waals surface area (Å²) in [6, 6.07) is 5.41. The van der Waals surface area contributed by atoms with Gasteiger partial charge < -0.3 is 5.73 Å². The molecule has 0 radical (unpaired) electrons. The Morgan fingerprint density at radius 3 is 2.68 bits per heavy atom. The quantitative estimate of drug-likeness (QED) is 0.937. The predicted octanol–water partition coefficient (Wildman–Crippen LogP) is 3.54. The Hall–Kier alpha value is -0.810. The average molecular weight is 317 g/mol. The number of nitrogens with two attached hydrogens (primary N) is 1. The molecular weight excluding hydrogens is 303 g/mol. The summed E-state index contributed by atoms with van der Waals surface area (Å²) < 4.78 is 1.76. The topological polar surface area (TPSA) is 48.0 Å². The van der Waals surface area contributed by atoms with Crippen LogP contribution in [0.1, 0.15) is 11.3 Å². The summed E-state index contributed by atoms with van der Waals surface area (Å²) in [5.41, 5.74) is 7.32. The monoisotopic (exact) mass is 316 g/mol. The van der Waals surface area contributed by atoms with Gasteiger partial charge in [0, 0.05) is 17.0 Å². The Labute approximate surface area is 125 Å². The minimum Gasteiger partial charge on any atom is -0.330 e. The van der Waals surface area contributed by atoms with Crippen molar-refractivity contribution in [1.29, 1.82) is 0 Å². The fourth-order valence-electron chi connectivity index (χ4n) is 1.97. The van der Waals surface area contributed by atoms with Gasteiger partial charge in [-0.2, -0.15) is 0 Å². The Balaban J connectivity index is 2.54. The molecule has 0 spiro atoms. The molecule has 0 saturated heterocycles. The van der Waals surface area contributed by atoms with Crippen molar-refractivity contribution in [3.8, 4) is 11.3 Å². The molecule has 0 aliphatic rings. The lowest BCUT2D eigenvalue weighted by Crippen LogP contribution is -2.16. The Morgan fingerprint density at radius 2 is 2.05 bits per heavy atom. The summed E-state index contributed by atoms with van der Waals surface area (Å²) in [7, 11) is 0. The number of aromatic nitrogens is 1. The second-order valence-corrected chi connectivity index (χ2v) is 6.18. The van der Waals surface area contributed by atoms with Crippen LogP contribution in [-0.4, -0.2) is 11.1 Å². The highest BCUT2D eigenvalue weighted by atomic mass is 35.5. The first-order chi connectivity index (χ1) is 9.04. The number of thiazole rings is 1. The summed E-state index contributed by atoms with van der Waals surface area (Å²) in [4.78, 5) is 13.0. The molecule has 1 aromatic heterocycles. The molecule has 2 aromatic rings. The van der Waals surface area contributed by atoms with Crippen molar-refractivity contribution in [3.63, 3.8) is 0 Å². The van der Waals surface area contributed by atoms with E-state index in [-0.39, 0.29) is 4.87 Å². The molecule has 3 nitrogen and oxygen atoms in total. The third-order valence-electron chi connectivity index (χ3n) is 2.84. The van der Waals surface area contributed by atoms with Gasteiger partial charge in [-0.1, -0.05) is 40.6 Å². The lowest BCUT2D eigenvalue weighted by atomic mass is 10.1. The minimum absolute atomic E-state index is 0.0343. The molecule has 0 bridgehead atoms. The zero-order valence-electron chi connectivity index (χ0n) is 10.5. The first-order valence-corrected chi connectivity index (χ1v) is 7.47. The number of benzene rings is 1. The normalized spacial score (nSPS) is 10.9. The minimum atomic E-state index is 0.0343. The van der Waals surface area contributed by atoms with Crippen molar-refractivity contribution >= 4 is 34.5 Å². The second-order valence-electron chi connectivity index (χ2n) is 4.20. The van der Waals surface area contributed by atoms with Gasteiger partial charge in [0.05, 0.1) is 15.7 Å². The van der Waals surface area contributed by atoms with Crippen molar-refractivity contribution in [1.82, 2.24) is 4.57 Å². The van der Waals surface area contributed by atoms with Crippen molar-refractivity contribution in [2.75, 3.05) is 6.54 Å². The van der Waals surface area contributed by atoms with Crippen LogP contribution in [0.4, 0.5) is 0 Å². The summed E-state index contributed by atoms with van der Waals surface area (Å²) in [5, 5.41) is 0.997. The van der Waals surface area contributed by atoms with Crippen LogP contribution >= 0.6 is 34.5 Å². The molecule has 19 heavy (non-hydrogen) atoms. The second kappa shape index (κ2) is 6.09. The highest BCUT2D eigenvalue weighted by molar-refractivity contribution is 7.09. The van der Waals surface area contributed by atoms with E-state index in [1.54, 1.807) is 16.7 Å². The molecule has 6 heteroatoms. The standard InChI is InChI=1S/C13H14Cl2N2OS/c1-8-12(9-3-4-10(14)11(15)7-9)17(6-2-5-16)13(18)19-8/h3-4,7H,2,5-6,16H2,1H3. The Bertz CT molecular complexity index is 649. The zero-order chi connectivity index (χ0) is 14.0. The van der Waals surface area contributed by atoms with E-state index in [0.717, 1.165) is 22.6 Å². The van der Waals surface area contributed by atoms with Crippen LogP contribution < -0.4 is 10.6 Å². The third-order valence-corrected chi connectivity index (χ3v) is 4.48. The Morgan fingerprint density at radius 1 is 1.32 bits per heavy atom. The average Bonchev–Trinajstić information content (AvgIpc) is 2.65. The van der Waals surface area contributed by atoms with E-state index >= 15 is 0 Å². The number of hydrogen-bond acceptors (Lipinski definition) is 3. The number of aryl methyl sites for hydroxylation is 1. The largest absolute Gasteiger partial charge is 0.330 e. The van der Waals surface area contributed by atoms with Gasteiger partial charge in [0.15, 0.2) is 0 Å². The molecule has 0 unspecified atom stereocenters. The Kier molecular flexibility index (Phi) is 4.68. The molecule has 0 atom stereocenters. The molecule has 0 fully saturated rings. The van der Waals surface area contributed by atoms with Crippen molar-refractivity contribution in [2.45, 2.75) is 19.9 Å². The number of halogens is 2. The summed E-state index contributed by atoms with van der Waals surface area (Å²) >= 11 is 13.2. The molecule has 2 N–H and O–H groups in total. The number of nitrogens with zero attached hydrogens (tertiary/aromatic N) is 1. The van der Waals surface area contributed by atoms with Gasteiger partial charge in [0.2, 0.25) is 0 Å². The van der Waals surface area contributed by atoms with E-state index < -0.39 is 0 Å². The molecule has 0 aliphatic carbocycles. The molecule has 0 aliphatic heterocycles. The fourth-order valence-corrected chi connectivity index (χ4v) is 3.15. The highest BCUT2D eigenvalue weighted by Gasteiger charge is 2.14. The van der Waals surface area contributed by atoms with Crippen LogP contribution in [0.15, 0.2) is 23.0 Å². The number of rotatable bonds is 4. The van der Waals surface area contributed by atoms with E-state index in [1.807, 2.05) is 13.0 Å². The van der Waals surface area contributed by atoms with Crippen LogP contribution in [-0.2, 0) is 6.54 Å². The fraction of sp³-hybridized carbons (Fsp3) is 0.308. The SMILES string of the molecule is Cc1sc(=O)n(CCCN)c1-c1ccc(Cl)c(Cl)c1. The zero-order valence-corrected chi connectivity index (χ0v) is 12.8. The van der Waals surface area contributed by atoms with Crippen LogP contribution in [0.3, 0.4) is 0 Å². The van der Waals surface area contributed by atoms with Crippen LogP contribution in [0, 0.1) is 6.92 Å². The lowest BCUT2D eigenvalue weighted by molar-refractivity contribution is 0.647. The van der Waals surface area contributed by atoms with E-state index in [0.29, 0.717) is 23.1 Å². The van der Waals surface area contributed by atoms with Gasteiger partial charge in [0.25, 0.3) is 0 Å². The smallest absolute Gasteiger partial charge is 0.307 e. The molecule has 0 amide bonds. The molecule has 0 saturated carbocycles. The number of hydrogen-bond donors (Lipinski definition) is 1. The summed E-state index contributed by atoms with van der Waals surface area (Å²) in [6.45, 7) is 3.11. The van der Waals surface area contributed by atoms with Crippen LogP contribution in [0.2, 0.25) is 10.0 Å². The first-order valence-electron chi connectivity index (χ1n) is 5.90. The van der Waals surface area contributed by atoms with E-state index in [1.165, 1.54) is 11.3 Å². The summed E-state index contributed by atoms with van der Waals surface area (Å²) in [6.07, 6.45) is 0.768. The maximum absolute atomic E-state index is 12.0. The van der Waals surface area contributed by atoms with Crippen molar-refractivity contribution in [2.24, 2.45) is 5.73 Å². The lowest BCUT2D eigenvalue weighted by Gasteiger charge is -2.09. The van der Waals surface area contributed by atoms with Gasteiger partial charge in [-0.3, -0.25) is 9.36 Å². The molecule has 1 aromatic carbocycles. The summed E-state index contributed by atoms with van der Waals surface area (Å²) in [5.74, 6) is 0. The van der Waals surface area contributed by atoms with E-state index in [9.17, 15) is 4.79 Å². The van der Waals surface area contributed by atoms with Gasteiger partial charge in [-0.15, -0.1) is 0 Å². The molecular formula is C13H14Cl2N2OS. The molecule has 1 heterocycles. The predicted molar refractivity (Wildman–Crippen MR) is 82.4 cm³/mol. The maximum Gasteiger partial charge on any atom is 0.307 e. The first kappa shape index (κ1) is 14.6. The van der Waals surface area contributed by atoms with Crippen LogP contribution in [0.5, 0.6) is 0 Å². The van der Waals surface area contributed by atoms with Crippen molar-refractivity contribution in [3.05, 3.63) is 42.8 Å². The van der Waals surface area contributed by atoms with Gasteiger partial charge in [-0.25, -0.2) is 0 Å². The maximum atomic E-state index is 12.0. The van der Waals surface area contributed by atoms with E-state index in [4.69, 9.17) is 28.9 Å². The van der Waals surface area contributed by atoms with Gasteiger partial charge >= 0.3 is 4.87 Å². The molecule has 102 valence electrons. The molecule has 2 rings (SSSR count). The highest BCUT2D eigenvalue weighted by Crippen LogP contribution is 2.31. The van der Waals surface area contributed by atoms with E-state index in [2.05, 4.69) is 0 Å².